The van der Waals surface area contributed by atoms with Crippen LogP contribution in [0.4, 0.5) is 4.79 Å². The van der Waals surface area contributed by atoms with Crippen molar-refractivity contribution in [2.45, 2.75) is 33.6 Å². The lowest BCUT2D eigenvalue weighted by Crippen LogP contribution is -2.41. The van der Waals surface area contributed by atoms with Crippen LogP contribution < -0.4 is 5.32 Å². The van der Waals surface area contributed by atoms with Gasteiger partial charge in [-0.1, -0.05) is 17.7 Å². The van der Waals surface area contributed by atoms with E-state index in [4.69, 9.17) is 4.74 Å². The minimum absolute atomic E-state index is 0.00426. The number of amides is 2. The second kappa shape index (κ2) is 7.49. The Kier molecular flexibility index (Phi) is 5.64. The molecule has 5 nitrogen and oxygen atoms in total. The van der Waals surface area contributed by atoms with Crippen molar-refractivity contribution in [2.24, 2.45) is 5.92 Å². The van der Waals surface area contributed by atoms with Gasteiger partial charge in [0.15, 0.2) is 0 Å². The number of piperidine rings is 1. The highest BCUT2D eigenvalue weighted by atomic mass is 16.5. The van der Waals surface area contributed by atoms with Crippen molar-refractivity contribution in [1.29, 1.82) is 0 Å². The first-order valence-corrected chi connectivity index (χ1v) is 8.11. The number of nitrogens with one attached hydrogen (secondary N) is 1. The van der Waals surface area contributed by atoms with Gasteiger partial charge in [0.25, 0.3) is 5.91 Å². The smallest absolute Gasteiger partial charge is 0.409 e. The number of methoxy groups -OCH3 is 1. The molecule has 0 bridgehead atoms. The predicted molar refractivity (Wildman–Crippen MR) is 89.7 cm³/mol. The van der Waals surface area contributed by atoms with Gasteiger partial charge in [0.1, 0.15) is 0 Å². The van der Waals surface area contributed by atoms with Crippen LogP contribution in [0, 0.1) is 26.7 Å². The highest BCUT2D eigenvalue weighted by molar-refractivity contribution is 5.97. The highest BCUT2D eigenvalue weighted by Gasteiger charge is 2.23. The number of hydrogen-bond donors (Lipinski definition) is 1. The van der Waals surface area contributed by atoms with Crippen molar-refractivity contribution in [3.8, 4) is 0 Å². The zero-order valence-corrected chi connectivity index (χ0v) is 14.4. The first-order valence-electron chi connectivity index (χ1n) is 8.11. The maximum Gasteiger partial charge on any atom is 0.409 e. The molecule has 5 heteroatoms. The van der Waals surface area contributed by atoms with Gasteiger partial charge in [0.05, 0.1) is 7.11 Å². The molecule has 2 rings (SSSR count). The first-order chi connectivity index (χ1) is 10.9. The quantitative estimate of drug-likeness (QED) is 0.932. The highest BCUT2D eigenvalue weighted by Crippen LogP contribution is 2.19. The summed E-state index contributed by atoms with van der Waals surface area (Å²) in [5, 5.41) is 3.05. The number of aryl methyl sites for hydroxylation is 3. The summed E-state index contributed by atoms with van der Waals surface area (Å²) in [6, 6.07) is 4.08. The third-order valence-corrected chi connectivity index (χ3v) is 4.50. The molecule has 1 aliphatic heterocycles. The van der Waals surface area contributed by atoms with Gasteiger partial charge >= 0.3 is 6.09 Å². The Morgan fingerprint density at radius 3 is 2.26 bits per heavy atom. The second-order valence-corrected chi connectivity index (χ2v) is 6.38. The number of rotatable bonds is 3. The van der Waals surface area contributed by atoms with E-state index in [9.17, 15) is 9.59 Å². The Morgan fingerprint density at radius 1 is 1.17 bits per heavy atom. The number of ether oxygens (including phenoxy) is 1. The minimum atomic E-state index is -0.265. The first kappa shape index (κ1) is 17.3. The van der Waals surface area contributed by atoms with E-state index in [0.29, 0.717) is 25.6 Å². The van der Waals surface area contributed by atoms with Crippen LogP contribution in [0.2, 0.25) is 0 Å². The van der Waals surface area contributed by atoms with Gasteiger partial charge in [0.2, 0.25) is 0 Å². The number of hydrogen-bond acceptors (Lipinski definition) is 3. The number of likely N-dealkylation sites (tertiary alicyclic amines) is 1. The van der Waals surface area contributed by atoms with Crippen LogP contribution in [-0.4, -0.2) is 43.6 Å². The molecule has 1 heterocycles. The van der Waals surface area contributed by atoms with Crippen LogP contribution in [0.25, 0.3) is 0 Å². The summed E-state index contributed by atoms with van der Waals surface area (Å²) in [5.41, 5.74) is 3.98. The van der Waals surface area contributed by atoms with E-state index in [0.717, 1.165) is 29.5 Å². The fourth-order valence-electron chi connectivity index (χ4n) is 3.31. The summed E-state index contributed by atoms with van der Waals surface area (Å²) in [6.45, 7) is 8.02. The standard InChI is InChI=1S/C18H26N2O3/c1-12-9-13(2)16(14(3)10-12)17(21)19-11-15-5-7-20(8-6-15)18(22)23-4/h9-10,15H,5-8,11H2,1-4H3,(H,19,21). The summed E-state index contributed by atoms with van der Waals surface area (Å²) in [5.74, 6) is 0.404. The topological polar surface area (TPSA) is 58.6 Å². The lowest BCUT2D eigenvalue weighted by atomic mass is 9.96. The molecule has 0 aromatic heterocycles. The number of carbonyl (C=O) groups is 2. The van der Waals surface area contributed by atoms with Gasteiger partial charge in [-0.05, 0) is 50.7 Å². The van der Waals surface area contributed by atoms with Crippen LogP contribution in [0.3, 0.4) is 0 Å². The average molecular weight is 318 g/mol. The summed E-state index contributed by atoms with van der Waals surface area (Å²) >= 11 is 0. The largest absolute Gasteiger partial charge is 0.453 e. The third kappa shape index (κ3) is 4.24. The molecule has 1 aliphatic rings. The molecule has 1 aromatic carbocycles. The van der Waals surface area contributed by atoms with E-state index in [1.54, 1.807) is 4.90 Å². The van der Waals surface area contributed by atoms with Crippen molar-refractivity contribution in [1.82, 2.24) is 10.2 Å². The van der Waals surface area contributed by atoms with Crippen molar-refractivity contribution in [3.63, 3.8) is 0 Å². The van der Waals surface area contributed by atoms with Crippen LogP contribution in [0.5, 0.6) is 0 Å². The molecule has 1 aromatic rings. The van der Waals surface area contributed by atoms with Crippen molar-refractivity contribution < 1.29 is 14.3 Å². The molecule has 23 heavy (non-hydrogen) atoms. The van der Waals surface area contributed by atoms with Crippen LogP contribution >= 0.6 is 0 Å². The maximum atomic E-state index is 12.5. The number of benzene rings is 1. The van der Waals surface area contributed by atoms with Crippen LogP contribution in [0.1, 0.15) is 39.9 Å². The van der Waals surface area contributed by atoms with Crippen molar-refractivity contribution in [2.75, 3.05) is 26.7 Å². The Morgan fingerprint density at radius 2 is 1.74 bits per heavy atom. The minimum Gasteiger partial charge on any atom is -0.453 e. The van der Waals surface area contributed by atoms with Gasteiger partial charge in [-0.2, -0.15) is 0 Å². The summed E-state index contributed by atoms with van der Waals surface area (Å²) in [4.78, 5) is 25.6. The van der Waals surface area contributed by atoms with E-state index in [2.05, 4.69) is 5.32 Å². The van der Waals surface area contributed by atoms with E-state index in [1.807, 2.05) is 32.9 Å². The lowest BCUT2D eigenvalue weighted by molar-refractivity contribution is 0.0913. The molecule has 1 fully saturated rings. The zero-order chi connectivity index (χ0) is 17.0. The third-order valence-electron chi connectivity index (χ3n) is 4.50. The van der Waals surface area contributed by atoms with E-state index >= 15 is 0 Å². The van der Waals surface area contributed by atoms with Gasteiger partial charge in [-0.3, -0.25) is 4.79 Å². The van der Waals surface area contributed by atoms with Gasteiger partial charge in [-0.15, -0.1) is 0 Å². The fourth-order valence-corrected chi connectivity index (χ4v) is 3.31. The molecular formula is C18H26N2O3. The fraction of sp³-hybridized carbons (Fsp3) is 0.556. The van der Waals surface area contributed by atoms with Crippen molar-refractivity contribution >= 4 is 12.0 Å². The molecule has 0 unspecified atom stereocenters. The van der Waals surface area contributed by atoms with Crippen LogP contribution in [-0.2, 0) is 4.74 Å². The molecule has 0 radical (unpaired) electrons. The molecule has 1 N–H and O–H groups in total. The second-order valence-electron chi connectivity index (χ2n) is 6.38. The maximum absolute atomic E-state index is 12.5. The molecular weight excluding hydrogens is 292 g/mol. The summed E-state index contributed by atoms with van der Waals surface area (Å²) in [6.07, 6.45) is 1.51. The van der Waals surface area contributed by atoms with Gasteiger partial charge in [0, 0.05) is 25.2 Å². The molecule has 1 saturated heterocycles. The molecule has 0 atom stereocenters. The van der Waals surface area contributed by atoms with Crippen LogP contribution in [0.15, 0.2) is 12.1 Å². The molecule has 0 aliphatic carbocycles. The SMILES string of the molecule is COC(=O)N1CCC(CNC(=O)c2c(C)cc(C)cc2C)CC1. The molecule has 0 spiro atoms. The molecule has 2 amide bonds. The molecule has 0 saturated carbocycles. The number of nitrogens with zero attached hydrogens (tertiary/aromatic N) is 1. The number of carbonyl (C=O) groups excluding carboxylic acids is 2. The van der Waals surface area contributed by atoms with E-state index in [1.165, 1.54) is 12.7 Å². The van der Waals surface area contributed by atoms with E-state index in [-0.39, 0.29) is 12.0 Å². The van der Waals surface area contributed by atoms with E-state index < -0.39 is 0 Å². The summed E-state index contributed by atoms with van der Waals surface area (Å²) in [7, 11) is 1.40. The van der Waals surface area contributed by atoms with Crippen molar-refractivity contribution in [3.05, 3.63) is 34.4 Å². The Hall–Kier alpha value is -2.04. The zero-order valence-electron chi connectivity index (χ0n) is 14.4. The Bertz CT molecular complexity index is 567. The molecule has 126 valence electrons. The normalized spacial score (nSPS) is 15.4. The Labute approximate surface area is 138 Å². The average Bonchev–Trinajstić information content (AvgIpc) is 2.51. The van der Waals surface area contributed by atoms with Gasteiger partial charge < -0.3 is 15.0 Å². The Balaban J connectivity index is 1.88. The monoisotopic (exact) mass is 318 g/mol. The predicted octanol–water partition coefficient (Wildman–Crippen LogP) is 2.82. The van der Waals surface area contributed by atoms with Gasteiger partial charge in [-0.25, -0.2) is 4.79 Å². The lowest BCUT2D eigenvalue weighted by Gasteiger charge is -2.31. The summed E-state index contributed by atoms with van der Waals surface area (Å²) < 4.78 is 4.73.